The summed E-state index contributed by atoms with van der Waals surface area (Å²) in [4.78, 5) is 7.06. The Morgan fingerprint density at radius 3 is 1.75 bits per heavy atom. The van der Waals surface area contributed by atoms with Gasteiger partial charge in [-0.2, -0.15) is 0 Å². The van der Waals surface area contributed by atoms with E-state index in [-0.39, 0.29) is 17.0 Å². The molecule has 0 unspecified atom stereocenters. The topological polar surface area (TPSA) is 97.2 Å². The van der Waals surface area contributed by atoms with Crippen LogP contribution in [0.2, 0.25) is 0 Å². The minimum absolute atomic E-state index is 0.0657. The third-order valence-corrected chi connectivity index (χ3v) is 1.17. The van der Waals surface area contributed by atoms with Gasteiger partial charge in [0.25, 0.3) is 0 Å². The first-order valence-corrected chi connectivity index (χ1v) is 2.88. The molecule has 0 saturated heterocycles. The number of hydrogen-bond acceptors (Lipinski definition) is 5. The molecule has 0 saturated carbocycles. The number of hydrogen-bond donors (Lipinski definition) is 0. The Morgan fingerprint density at radius 2 is 1.42 bits per heavy atom. The molecular weight excluding hydrogens is 153 g/mol. The molecule has 0 N–H and O–H groups in total. The maximum absolute atomic E-state index is 8.53. The molecule has 1 heterocycles. The molecule has 0 aliphatic carbocycles. The Bertz CT molecular complexity index is 400. The molecule has 0 fully saturated rings. The van der Waals surface area contributed by atoms with Crippen LogP contribution in [0.15, 0.2) is 0 Å². The van der Waals surface area contributed by atoms with Crippen molar-refractivity contribution >= 4 is 7.19 Å². The minimum atomic E-state index is -0.0671. The van der Waals surface area contributed by atoms with Crippen molar-refractivity contribution in [3.8, 4) is 18.2 Å². The van der Waals surface area contributed by atoms with Crippen LogP contribution in [0.4, 0.5) is 0 Å². The summed E-state index contributed by atoms with van der Waals surface area (Å²) < 4.78 is 0. The Labute approximate surface area is 68.8 Å². The molecule has 1 aromatic heterocycles. The van der Waals surface area contributed by atoms with Gasteiger partial charge in [-0.3, -0.25) is 0 Å². The molecule has 1 aromatic rings. The normalized spacial score (nSPS) is 7.42. The van der Waals surface area contributed by atoms with Crippen molar-refractivity contribution in [1.29, 1.82) is 15.8 Å². The van der Waals surface area contributed by atoms with Crippen molar-refractivity contribution in [3.63, 3.8) is 0 Å². The second kappa shape index (κ2) is 3.23. The summed E-state index contributed by atoms with van der Waals surface area (Å²) in [5, 5.41) is 25.5. The van der Waals surface area contributed by atoms with Crippen LogP contribution in [0.5, 0.6) is 0 Å². The van der Waals surface area contributed by atoms with Gasteiger partial charge in [-0.1, -0.05) is 0 Å². The second-order valence-corrected chi connectivity index (χ2v) is 1.78. The van der Waals surface area contributed by atoms with Crippen LogP contribution >= 0.6 is 0 Å². The molecule has 0 spiro atoms. The quantitative estimate of drug-likeness (QED) is 0.496. The first kappa shape index (κ1) is 7.85. The first-order valence-electron chi connectivity index (χ1n) is 2.88. The Balaban J connectivity index is 3.51. The van der Waals surface area contributed by atoms with Crippen LogP contribution in [0.25, 0.3) is 0 Å². The van der Waals surface area contributed by atoms with Gasteiger partial charge in [0.1, 0.15) is 0 Å². The zero-order valence-electron chi connectivity index (χ0n) is 5.81. The molecular formula is C6BN5. The molecule has 0 bridgehead atoms. The van der Waals surface area contributed by atoms with Crippen LogP contribution in [0.1, 0.15) is 17.0 Å². The SMILES string of the molecule is N#Cc1nbnc(C#N)c1C#N. The van der Waals surface area contributed by atoms with Gasteiger partial charge in [0.15, 0.2) is 0 Å². The van der Waals surface area contributed by atoms with Crippen molar-refractivity contribution < 1.29 is 0 Å². The summed E-state index contributed by atoms with van der Waals surface area (Å²) in [7, 11) is 1.08. The van der Waals surface area contributed by atoms with E-state index in [1.54, 1.807) is 18.2 Å². The van der Waals surface area contributed by atoms with Gasteiger partial charge >= 0.3 is 67.9 Å². The van der Waals surface area contributed by atoms with Crippen molar-refractivity contribution in [3.05, 3.63) is 17.0 Å². The number of nitriles is 3. The second-order valence-electron chi connectivity index (χ2n) is 1.78. The predicted molar refractivity (Wildman–Crippen MR) is 37.5 cm³/mol. The van der Waals surface area contributed by atoms with Crippen LogP contribution in [-0.2, 0) is 0 Å². The third kappa shape index (κ3) is 1.12. The van der Waals surface area contributed by atoms with E-state index in [0.717, 1.165) is 7.19 Å². The molecule has 0 aliphatic rings. The van der Waals surface area contributed by atoms with E-state index in [4.69, 9.17) is 15.8 Å². The first-order chi connectivity index (χ1) is 5.83. The molecule has 0 radical (unpaired) electrons. The molecule has 12 heavy (non-hydrogen) atoms. The van der Waals surface area contributed by atoms with Gasteiger partial charge in [0.05, 0.1) is 0 Å². The van der Waals surface area contributed by atoms with E-state index in [1.165, 1.54) is 0 Å². The maximum atomic E-state index is 8.53. The van der Waals surface area contributed by atoms with Gasteiger partial charge in [-0.25, -0.2) is 0 Å². The van der Waals surface area contributed by atoms with Gasteiger partial charge in [0, 0.05) is 0 Å². The summed E-state index contributed by atoms with van der Waals surface area (Å²) in [5.74, 6) is 0. The number of nitrogens with zero attached hydrogens (tertiary/aromatic N) is 5. The summed E-state index contributed by atoms with van der Waals surface area (Å²) >= 11 is 0. The van der Waals surface area contributed by atoms with Crippen molar-refractivity contribution in [2.75, 3.05) is 0 Å². The standard InChI is InChI=1S/C6BN5/c8-1-4-5(2-9)11-7-12-6(4)3-10. The Morgan fingerprint density at radius 1 is 0.917 bits per heavy atom. The van der Waals surface area contributed by atoms with E-state index in [1.807, 2.05) is 0 Å². The number of rotatable bonds is 0. The fourth-order valence-electron chi connectivity index (χ4n) is 0.661. The van der Waals surface area contributed by atoms with Crippen LogP contribution < -0.4 is 0 Å². The fourth-order valence-corrected chi connectivity index (χ4v) is 0.661. The summed E-state index contributed by atoms with van der Waals surface area (Å²) in [6.07, 6.45) is 0. The average Bonchev–Trinajstić information content (AvgIpc) is 2.16. The van der Waals surface area contributed by atoms with Crippen molar-refractivity contribution in [2.24, 2.45) is 0 Å². The predicted octanol–water partition coefficient (Wildman–Crippen LogP) is -0.570. The summed E-state index contributed by atoms with van der Waals surface area (Å²) in [6, 6.07) is 5.09. The number of aromatic nitrogens is 2. The monoisotopic (exact) mass is 153 g/mol. The van der Waals surface area contributed by atoms with E-state index in [0.29, 0.717) is 0 Å². The van der Waals surface area contributed by atoms with E-state index >= 15 is 0 Å². The Hall–Kier alpha value is -2.26. The third-order valence-electron chi connectivity index (χ3n) is 1.17. The summed E-state index contributed by atoms with van der Waals surface area (Å²) in [5.41, 5.74) is -0.199. The van der Waals surface area contributed by atoms with Crippen molar-refractivity contribution in [2.45, 2.75) is 0 Å². The van der Waals surface area contributed by atoms with E-state index < -0.39 is 0 Å². The zero-order chi connectivity index (χ0) is 8.97. The molecule has 5 nitrogen and oxygen atoms in total. The van der Waals surface area contributed by atoms with Crippen molar-refractivity contribution in [1.82, 2.24) is 9.78 Å². The molecule has 0 aliphatic heterocycles. The van der Waals surface area contributed by atoms with Gasteiger partial charge in [-0.15, -0.1) is 0 Å². The van der Waals surface area contributed by atoms with Crippen LogP contribution in [0.3, 0.4) is 0 Å². The van der Waals surface area contributed by atoms with E-state index in [2.05, 4.69) is 9.78 Å². The molecule has 0 atom stereocenters. The molecule has 0 amide bonds. The van der Waals surface area contributed by atoms with Crippen LogP contribution in [-0.4, -0.2) is 17.0 Å². The average molecular weight is 153 g/mol. The van der Waals surface area contributed by atoms with E-state index in [9.17, 15) is 0 Å². The zero-order valence-corrected chi connectivity index (χ0v) is 5.81. The molecule has 0 aromatic carbocycles. The molecule has 1 rings (SSSR count). The summed E-state index contributed by atoms with van der Waals surface area (Å²) in [6.45, 7) is 0. The molecule has 6 heteroatoms. The van der Waals surface area contributed by atoms with Crippen LogP contribution in [0, 0.1) is 34.0 Å². The van der Waals surface area contributed by atoms with Gasteiger partial charge < -0.3 is 0 Å². The Kier molecular flexibility index (Phi) is 2.11. The molecule has 52 valence electrons. The fraction of sp³-hybridized carbons (Fsp3) is 0. The van der Waals surface area contributed by atoms with Gasteiger partial charge in [-0.05, 0) is 0 Å². The van der Waals surface area contributed by atoms with Gasteiger partial charge in [0.2, 0.25) is 0 Å².